The minimum Gasteiger partial charge on any atom is -0.394 e. The van der Waals surface area contributed by atoms with Crippen molar-refractivity contribution in [3.63, 3.8) is 0 Å². The maximum absolute atomic E-state index is 12.1. The summed E-state index contributed by atoms with van der Waals surface area (Å²) in [5.74, 6) is -0.246. The Morgan fingerprint density at radius 3 is 3.10 bits per heavy atom. The number of nitro groups is 1. The van der Waals surface area contributed by atoms with Crippen LogP contribution >= 0.6 is 0 Å². The molecule has 0 bridgehead atoms. The van der Waals surface area contributed by atoms with Crippen LogP contribution in [0.15, 0.2) is 30.3 Å². The molecule has 1 amide bonds. The van der Waals surface area contributed by atoms with E-state index in [-0.39, 0.29) is 24.2 Å². The lowest BCUT2D eigenvalue weighted by Crippen LogP contribution is -2.49. The molecule has 0 aliphatic carbocycles. The van der Waals surface area contributed by atoms with Crippen LogP contribution < -0.4 is 0 Å². The fourth-order valence-corrected chi connectivity index (χ4v) is 2.10. The molecular weight excluding hydrogens is 276 g/mol. The minimum absolute atomic E-state index is 0.0239. The Morgan fingerprint density at radius 2 is 2.38 bits per heavy atom. The molecule has 1 aliphatic heterocycles. The zero-order chi connectivity index (χ0) is 15.2. The van der Waals surface area contributed by atoms with Crippen LogP contribution in [0.4, 0.5) is 5.69 Å². The predicted octanol–water partition coefficient (Wildman–Crippen LogP) is 0.828. The van der Waals surface area contributed by atoms with Crippen molar-refractivity contribution in [3.8, 4) is 0 Å². The largest absolute Gasteiger partial charge is 0.394 e. The van der Waals surface area contributed by atoms with E-state index in [2.05, 4.69) is 0 Å². The Labute approximate surface area is 121 Å². The number of aliphatic hydroxyl groups excluding tert-OH is 1. The van der Waals surface area contributed by atoms with Gasteiger partial charge in [0.05, 0.1) is 30.8 Å². The maximum atomic E-state index is 12.1. The van der Waals surface area contributed by atoms with E-state index in [0.717, 1.165) is 0 Å². The SMILES string of the molecule is O=C(/C=C/c1cccc([N+](=O)[O-])c1)N1CCOCC1CO. The number of carbonyl (C=O) groups is 1. The molecule has 1 aromatic rings. The first-order chi connectivity index (χ1) is 10.1. The van der Waals surface area contributed by atoms with Crippen molar-refractivity contribution in [2.24, 2.45) is 0 Å². The first-order valence-electron chi connectivity index (χ1n) is 6.53. The summed E-state index contributed by atoms with van der Waals surface area (Å²) in [6, 6.07) is 5.68. The summed E-state index contributed by atoms with van der Waals surface area (Å²) in [7, 11) is 0. The van der Waals surface area contributed by atoms with E-state index in [1.807, 2.05) is 0 Å². The van der Waals surface area contributed by atoms with Gasteiger partial charge in [-0.25, -0.2) is 0 Å². The number of carbonyl (C=O) groups excluding carboxylic acids is 1. The predicted molar refractivity (Wildman–Crippen MR) is 75.5 cm³/mol. The number of amides is 1. The highest BCUT2D eigenvalue weighted by Gasteiger charge is 2.25. The normalized spacial score (nSPS) is 18.9. The van der Waals surface area contributed by atoms with Gasteiger partial charge in [-0.2, -0.15) is 0 Å². The quantitative estimate of drug-likeness (QED) is 0.504. The number of nitro benzene ring substituents is 1. The molecule has 1 heterocycles. The van der Waals surface area contributed by atoms with E-state index in [4.69, 9.17) is 4.74 Å². The summed E-state index contributed by atoms with van der Waals surface area (Å²) in [5.41, 5.74) is 0.551. The Hall–Kier alpha value is -2.25. The van der Waals surface area contributed by atoms with Gasteiger partial charge in [-0.1, -0.05) is 12.1 Å². The van der Waals surface area contributed by atoms with Crippen molar-refractivity contribution in [1.82, 2.24) is 4.90 Å². The molecule has 1 fully saturated rings. The smallest absolute Gasteiger partial charge is 0.270 e. The van der Waals surface area contributed by atoms with Gasteiger partial charge in [-0.05, 0) is 11.6 Å². The molecule has 1 atom stereocenters. The molecule has 1 unspecified atom stereocenters. The molecule has 1 aliphatic rings. The number of aliphatic hydroxyl groups is 1. The van der Waals surface area contributed by atoms with Crippen LogP contribution in [0, 0.1) is 10.1 Å². The summed E-state index contributed by atoms with van der Waals surface area (Å²) in [6.07, 6.45) is 2.88. The number of morpholine rings is 1. The zero-order valence-electron chi connectivity index (χ0n) is 11.3. The lowest BCUT2D eigenvalue weighted by Gasteiger charge is -2.33. The number of hydrogen-bond acceptors (Lipinski definition) is 5. The third kappa shape index (κ3) is 3.87. The van der Waals surface area contributed by atoms with Crippen LogP contribution in [0.5, 0.6) is 0 Å². The molecule has 7 heteroatoms. The highest BCUT2D eigenvalue weighted by molar-refractivity contribution is 5.92. The van der Waals surface area contributed by atoms with Gasteiger partial charge < -0.3 is 14.7 Å². The van der Waals surface area contributed by atoms with Crippen molar-refractivity contribution in [3.05, 3.63) is 46.0 Å². The lowest BCUT2D eigenvalue weighted by atomic mass is 10.1. The van der Waals surface area contributed by atoms with E-state index in [1.54, 1.807) is 12.1 Å². The molecule has 1 N–H and O–H groups in total. The summed E-state index contributed by atoms with van der Waals surface area (Å²) >= 11 is 0. The van der Waals surface area contributed by atoms with E-state index in [0.29, 0.717) is 25.3 Å². The van der Waals surface area contributed by atoms with E-state index < -0.39 is 4.92 Å². The summed E-state index contributed by atoms with van der Waals surface area (Å²) in [4.78, 5) is 23.8. The van der Waals surface area contributed by atoms with Crippen molar-refractivity contribution >= 4 is 17.7 Å². The number of ether oxygens (including phenoxy) is 1. The average Bonchev–Trinajstić information content (AvgIpc) is 2.52. The van der Waals surface area contributed by atoms with Crippen molar-refractivity contribution < 1.29 is 19.6 Å². The number of rotatable bonds is 4. The standard InChI is InChI=1S/C14H16N2O5/c17-9-13-10-21-7-6-15(13)14(18)5-4-11-2-1-3-12(8-11)16(19)20/h1-5,8,13,17H,6-7,9-10H2/b5-4+. The fraction of sp³-hybridized carbons (Fsp3) is 0.357. The number of non-ortho nitro benzene ring substituents is 1. The first-order valence-corrected chi connectivity index (χ1v) is 6.53. The summed E-state index contributed by atoms with van der Waals surface area (Å²) in [5, 5.41) is 19.9. The minimum atomic E-state index is -0.483. The molecule has 1 saturated heterocycles. The highest BCUT2D eigenvalue weighted by atomic mass is 16.6. The molecule has 0 saturated carbocycles. The lowest BCUT2D eigenvalue weighted by molar-refractivity contribution is -0.384. The molecular formula is C14H16N2O5. The number of hydrogen-bond donors (Lipinski definition) is 1. The average molecular weight is 292 g/mol. The summed E-state index contributed by atoms with van der Waals surface area (Å²) < 4.78 is 5.21. The van der Waals surface area contributed by atoms with Crippen molar-refractivity contribution in [2.75, 3.05) is 26.4 Å². The van der Waals surface area contributed by atoms with E-state index >= 15 is 0 Å². The third-order valence-electron chi connectivity index (χ3n) is 3.22. The second-order valence-corrected chi connectivity index (χ2v) is 4.63. The monoisotopic (exact) mass is 292 g/mol. The fourth-order valence-electron chi connectivity index (χ4n) is 2.10. The van der Waals surface area contributed by atoms with Gasteiger partial charge in [0.25, 0.3) is 5.69 Å². The first kappa shape index (κ1) is 15.1. The van der Waals surface area contributed by atoms with Crippen LogP contribution in [0.1, 0.15) is 5.56 Å². The molecule has 112 valence electrons. The zero-order valence-corrected chi connectivity index (χ0v) is 11.3. The second kappa shape index (κ2) is 6.96. The van der Waals surface area contributed by atoms with Gasteiger partial charge in [0, 0.05) is 24.8 Å². The van der Waals surface area contributed by atoms with Crippen molar-refractivity contribution in [1.29, 1.82) is 0 Å². The van der Waals surface area contributed by atoms with Crippen LogP contribution in [-0.2, 0) is 9.53 Å². The third-order valence-corrected chi connectivity index (χ3v) is 3.22. The molecule has 1 aromatic carbocycles. The van der Waals surface area contributed by atoms with Gasteiger partial charge in [0.2, 0.25) is 5.91 Å². The Morgan fingerprint density at radius 1 is 1.57 bits per heavy atom. The Kier molecular flexibility index (Phi) is 5.02. The Balaban J connectivity index is 2.07. The molecule has 7 nitrogen and oxygen atoms in total. The summed E-state index contributed by atoms with van der Waals surface area (Å²) in [6.45, 7) is 1.01. The molecule has 0 radical (unpaired) electrons. The molecule has 2 rings (SSSR count). The van der Waals surface area contributed by atoms with E-state index in [1.165, 1.54) is 29.2 Å². The Bertz CT molecular complexity index is 558. The van der Waals surface area contributed by atoms with Gasteiger partial charge in [-0.3, -0.25) is 14.9 Å². The number of nitrogens with zero attached hydrogens (tertiary/aromatic N) is 2. The van der Waals surface area contributed by atoms with Gasteiger partial charge >= 0.3 is 0 Å². The molecule has 0 spiro atoms. The van der Waals surface area contributed by atoms with Crippen LogP contribution in [0.25, 0.3) is 6.08 Å². The van der Waals surface area contributed by atoms with Gasteiger partial charge in [0.15, 0.2) is 0 Å². The highest BCUT2D eigenvalue weighted by Crippen LogP contribution is 2.15. The molecule has 0 aromatic heterocycles. The number of benzene rings is 1. The van der Waals surface area contributed by atoms with Crippen LogP contribution in [0.3, 0.4) is 0 Å². The maximum Gasteiger partial charge on any atom is 0.270 e. The van der Waals surface area contributed by atoms with Crippen LogP contribution in [-0.4, -0.2) is 53.2 Å². The van der Waals surface area contributed by atoms with Gasteiger partial charge in [0.1, 0.15) is 0 Å². The topological polar surface area (TPSA) is 92.9 Å². The van der Waals surface area contributed by atoms with Crippen LogP contribution in [0.2, 0.25) is 0 Å². The molecule has 21 heavy (non-hydrogen) atoms. The van der Waals surface area contributed by atoms with Gasteiger partial charge in [-0.15, -0.1) is 0 Å². The second-order valence-electron chi connectivity index (χ2n) is 4.63. The van der Waals surface area contributed by atoms with E-state index in [9.17, 15) is 20.0 Å². The van der Waals surface area contributed by atoms with Crippen molar-refractivity contribution in [2.45, 2.75) is 6.04 Å².